The number of benzene rings is 1. The lowest BCUT2D eigenvalue weighted by Gasteiger charge is -2.03. The van der Waals surface area contributed by atoms with Crippen LogP contribution in [0.2, 0.25) is 5.28 Å². The summed E-state index contributed by atoms with van der Waals surface area (Å²) in [5, 5.41) is 0.283. The second-order valence-corrected chi connectivity index (χ2v) is 3.68. The molecule has 1 aromatic heterocycles. The van der Waals surface area contributed by atoms with Gasteiger partial charge in [-0.05, 0) is 35.4 Å². The van der Waals surface area contributed by atoms with Crippen LogP contribution in [0.1, 0.15) is 11.3 Å². The van der Waals surface area contributed by atoms with Crippen LogP contribution in [0, 0.1) is 0 Å². The molecule has 0 fully saturated rings. The van der Waals surface area contributed by atoms with E-state index in [9.17, 15) is 0 Å². The van der Waals surface area contributed by atoms with Gasteiger partial charge in [-0.25, -0.2) is 9.97 Å². The van der Waals surface area contributed by atoms with Gasteiger partial charge in [0.2, 0.25) is 5.28 Å². The van der Waals surface area contributed by atoms with Crippen molar-refractivity contribution in [2.75, 3.05) is 7.11 Å². The molecule has 0 aliphatic heterocycles. The first-order valence-corrected chi connectivity index (χ1v) is 5.26. The predicted octanol–water partition coefficient (Wildman–Crippen LogP) is 2.73. The fraction of sp³-hybridized carbons (Fsp3) is 0.167. The SMILES string of the molecule is COc1ccc(Cc2ccnc(Cl)n2)cc1. The van der Waals surface area contributed by atoms with Gasteiger partial charge in [-0.2, -0.15) is 0 Å². The Bertz CT molecular complexity index is 471. The number of rotatable bonds is 3. The van der Waals surface area contributed by atoms with Crippen molar-refractivity contribution in [3.05, 3.63) is 53.1 Å². The molecule has 0 radical (unpaired) electrons. The molecule has 1 aromatic carbocycles. The monoisotopic (exact) mass is 234 g/mol. The first kappa shape index (κ1) is 10.9. The maximum Gasteiger partial charge on any atom is 0.222 e. The molecule has 4 heteroatoms. The lowest BCUT2D eigenvalue weighted by atomic mass is 10.1. The van der Waals surface area contributed by atoms with E-state index in [0.717, 1.165) is 23.4 Å². The molecule has 2 aromatic rings. The van der Waals surface area contributed by atoms with Crippen molar-refractivity contribution in [2.45, 2.75) is 6.42 Å². The highest BCUT2D eigenvalue weighted by Gasteiger charge is 1.99. The van der Waals surface area contributed by atoms with Crippen LogP contribution in [-0.2, 0) is 6.42 Å². The lowest BCUT2D eigenvalue weighted by Crippen LogP contribution is -1.93. The van der Waals surface area contributed by atoms with Crippen molar-refractivity contribution in [2.24, 2.45) is 0 Å². The summed E-state index contributed by atoms with van der Waals surface area (Å²) in [6.07, 6.45) is 2.40. The topological polar surface area (TPSA) is 35.0 Å². The zero-order chi connectivity index (χ0) is 11.4. The summed E-state index contributed by atoms with van der Waals surface area (Å²) in [5.41, 5.74) is 2.07. The van der Waals surface area contributed by atoms with Gasteiger partial charge in [0.15, 0.2) is 0 Å². The quantitative estimate of drug-likeness (QED) is 0.766. The third-order valence-electron chi connectivity index (χ3n) is 2.23. The largest absolute Gasteiger partial charge is 0.497 e. The summed E-state index contributed by atoms with van der Waals surface area (Å²) >= 11 is 5.72. The zero-order valence-electron chi connectivity index (χ0n) is 8.85. The highest BCUT2D eigenvalue weighted by molar-refractivity contribution is 6.28. The van der Waals surface area contributed by atoms with Gasteiger partial charge in [0, 0.05) is 18.3 Å². The Morgan fingerprint density at radius 2 is 1.94 bits per heavy atom. The number of hydrogen-bond acceptors (Lipinski definition) is 3. The minimum atomic E-state index is 0.283. The Balaban J connectivity index is 2.14. The normalized spacial score (nSPS) is 10.1. The van der Waals surface area contributed by atoms with Gasteiger partial charge in [0.1, 0.15) is 5.75 Å². The maximum atomic E-state index is 5.72. The van der Waals surface area contributed by atoms with Crippen molar-refractivity contribution in [1.29, 1.82) is 0 Å². The molecule has 0 saturated carbocycles. The third-order valence-corrected chi connectivity index (χ3v) is 2.41. The molecule has 0 bridgehead atoms. The molecule has 82 valence electrons. The minimum absolute atomic E-state index is 0.283. The summed E-state index contributed by atoms with van der Waals surface area (Å²) in [6.45, 7) is 0. The van der Waals surface area contributed by atoms with Crippen LogP contribution in [0.5, 0.6) is 5.75 Å². The molecule has 0 saturated heterocycles. The highest BCUT2D eigenvalue weighted by atomic mass is 35.5. The lowest BCUT2D eigenvalue weighted by molar-refractivity contribution is 0.414. The Morgan fingerprint density at radius 3 is 2.56 bits per heavy atom. The Kier molecular flexibility index (Phi) is 3.37. The van der Waals surface area contributed by atoms with Gasteiger partial charge < -0.3 is 4.74 Å². The molecule has 2 rings (SSSR count). The van der Waals surface area contributed by atoms with Crippen molar-refractivity contribution in [3.63, 3.8) is 0 Å². The minimum Gasteiger partial charge on any atom is -0.497 e. The van der Waals surface area contributed by atoms with E-state index in [0.29, 0.717) is 0 Å². The molecule has 1 heterocycles. The van der Waals surface area contributed by atoms with Crippen molar-refractivity contribution in [3.8, 4) is 5.75 Å². The van der Waals surface area contributed by atoms with E-state index in [4.69, 9.17) is 16.3 Å². The standard InChI is InChI=1S/C12H11ClN2O/c1-16-11-4-2-9(3-5-11)8-10-6-7-14-12(13)15-10/h2-7H,8H2,1H3. The van der Waals surface area contributed by atoms with E-state index in [-0.39, 0.29) is 5.28 Å². The van der Waals surface area contributed by atoms with Crippen LogP contribution in [0.3, 0.4) is 0 Å². The van der Waals surface area contributed by atoms with Crippen molar-refractivity contribution in [1.82, 2.24) is 9.97 Å². The Hall–Kier alpha value is -1.61. The fourth-order valence-electron chi connectivity index (χ4n) is 1.42. The number of nitrogens with zero attached hydrogens (tertiary/aromatic N) is 2. The summed E-state index contributed by atoms with van der Waals surface area (Å²) < 4.78 is 5.09. The maximum absolute atomic E-state index is 5.72. The van der Waals surface area contributed by atoms with Crippen LogP contribution < -0.4 is 4.74 Å². The zero-order valence-corrected chi connectivity index (χ0v) is 9.61. The second kappa shape index (κ2) is 4.94. The highest BCUT2D eigenvalue weighted by Crippen LogP contribution is 2.14. The number of aromatic nitrogens is 2. The van der Waals surface area contributed by atoms with Crippen LogP contribution in [-0.4, -0.2) is 17.1 Å². The molecular weight excluding hydrogens is 224 g/mol. The molecular formula is C12H11ClN2O. The van der Waals surface area contributed by atoms with Crippen molar-refractivity contribution >= 4 is 11.6 Å². The molecule has 0 amide bonds. The summed E-state index contributed by atoms with van der Waals surface area (Å²) in [6, 6.07) is 9.73. The average molecular weight is 235 g/mol. The molecule has 0 unspecified atom stereocenters. The number of hydrogen-bond donors (Lipinski definition) is 0. The van der Waals surface area contributed by atoms with Crippen LogP contribution >= 0.6 is 11.6 Å². The van der Waals surface area contributed by atoms with E-state index in [1.54, 1.807) is 13.3 Å². The summed E-state index contributed by atoms with van der Waals surface area (Å²) in [5.74, 6) is 0.851. The van der Waals surface area contributed by atoms with E-state index in [2.05, 4.69) is 9.97 Å². The number of halogens is 1. The van der Waals surface area contributed by atoms with E-state index < -0.39 is 0 Å². The Labute approximate surface area is 99.1 Å². The first-order valence-electron chi connectivity index (χ1n) is 4.88. The predicted molar refractivity (Wildman–Crippen MR) is 62.8 cm³/mol. The molecule has 0 atom stereocenters. The van der Waals surface area contributed by atoms with Gasteiger partial charge in [-0.3, -0.25) is 0 Å². The fourth-order valence-corrected chi connectivity index (χ4v) is 1.59. The molecule has 0 aliphatic carbocycles. The summed E-state index contributed by atoms with van der Waals surface area (Å²) in [4.78, 5) is 7.98. The smallest absolute Gasteiger partial charge is 0.222 e. The van der Waals surface area contributed by atoms with Crippen molar-refractivity contribution < 1.29 is 4.74 Å². The van der Waals surface area contributed by atoms with E-state index in [1.165, 1.54) is 0 Å². The second-order valence-electron chi connectivity index (χ2n) is 3.34. The first-order chi connectivity index (χ1) is 7.78. The molecule has 0 N–H and O–H groups in total. The van der Waals surface area contributed by atoms with Crippen LogP contribution in [0.25, 0.3) is 0 Å². The molecule has 16 heavy (non-hydrogen) atoms. The van der Waals surface area contributed by atoms with Gasteiger partial charge in [0.25, 0.3) is 0 Å². The van der Waals surface area contributed by atoms with Gasteiger partial charge >= 0.3 is 0 Å². The third kappa shape index (κ3) is 2.70. The summed E-state index contributed by atoms with van der Waals surface area (Å²) in [7, 11) is 1.65. The molecule has 0 spiro atoms. The van der Waals surface area contributed by atoms with Crippen LogP contribution in [0.15, 0.2) is 36.5 Å². The van der Waals surface area contributed by atoms with Crippen LogP contribution in [0.4, 0.5) is 0 Å². The number of methoxy groups -OCH3 is 1. The molecule has 3 nitrogen and oxygen atoms in total. The van der Waals surface area contributed by atoms with Gasteiger partial charge in [-0.15, -0.1) is 0 Å². The molecule has 0 aliphatic rings. The van der Waals surface area contributed by atoms with E-state index in [1.807, 2.05) is 30.3 Å². The van der Waals surface area contributed by atoms with Gasteiger partial charge in [0.05, 0.1) is 7.11 Å². The van der Waals surface area contributed by atoms with Gasteiger partial charge in [-0.1, -0.05) is 12.1 Å². The number of ether oxygens (including phenoxy) is 1. The van der Waals surface area contributed by atoms with E-state index >= 15 is 0 Å². The Morgan fingerprint density at radius 1 is 1.19 bits per heavy atom. The average Bonchev–Trinajstić information content (AvgIpc) is 2.30.